The average molecular weight is 244 g/mol. The van der Waals surface area contributed by atoms with Gasteiger partial charge in [0.25, 0.3) is 0 Å². The molecule has 0 atom stereocenters. The molecular weight excluding hydrogens is 220 g/mol. The van der Waals surface area contributed by atoms with E-state index < -0.39 is 0 Å². The summed E-state index contributed by atoms with van der Waals surface area (Å²) in [4.78, 5) is 2.58. The maximum atomic E-state index is 6.06. The van der Waals surface area contributed by atoms with Gasteiger partial charge in [-0.15, -0.1) is 0 Å². The molecule has 1 aromatic rings. The quantitative estimate of drug-likeness (QED) is 0.808. The number of anilines is 1. The molecular formula is C16H24N2. The van der Waals surface area contributed by atoms with Crippen LogP contribution in [0, 0.1) is 11.8 Å². The van der Waals surface area contributed by atoms with E-state index in [0.717, 1.165) is 30.6 Å². The first-order valence-corrected chi connectivity index (χ1v) is 7.31. The molecule has 2 N–H and O–H groups in total. The van der Waals surface area contributed by atoms with Gasteiger partial charge >= 0.3 is 0 Å². The van der Waals surface area contributed by atoms with E-state index in [1.165, 1.54) is 43.4 Å². The normalized spacial score (nSPS) is 28.3. The van der Waals surface area contributed by atoms with E-state index in [0.29, 0.717) is 0 Å². The van der Waals surface area contributed by atoms with Crippen molar-refractivity contribution in [1.29, 1.82) is 0 Å². The van der Waals surface area contributed by atoms with Crippen LogP contribution in [0.25, 0.3) is 0 Å². The SMILES string of the molecule is CC1CCC(CN2Cc3cccc(N)c3C2)CC1. The van der Waals surface area contributed by atoms with E-state index in [1.54, 1.807) is 0 Å². The van der Waals surface area contributed by atoms with Crippen molar-refractivity contribution in [3.63, 3.8) is 0 Å². The summed E-state index contributed by atoms with van der Waals surface area (Å²) >= 11 is 0. The molecule has 2 heteroatoms. The van der Waals surface area contributed by atoms with Crippen LogP contribution in [0.2, 0.25) is 0 Å². The van der Waals surface area contributed by atoms with E-state index in [4.69, 9.17) is 5.73 Å². The van der Waals surface area contributed by atoms with Crippen LogP contribution >= 0.6 is 0 Å². The van der Waals surface area contributed by atoms with Gasteiger partial charge in [0.2, 0.25) is 0 Å². The highest BCUT2D eigenvalue weighted by atomic mass is 15.1. The summed E-state index contributed by atoms with van der Waals surface area (Å²) in [5.41, 5.74) is 9.86. The third-order valence-electron chi connectivity index (χ3n) is 4.74. The first-order valence-electron chi connectivity index (χ1n) is 7.31. The minimum absolute atomic E-state index is 0.914. The fourth-order valence-electron chi connectivity index (χ4n) is 3.52. The summed E-state index contributed by atoms with van der Waals surface area (Å²) in [5.74, 6) is 1.87. The smallest absolute Gasteiger partial charge is 0.0363 e. The largest absolute Gasteiger partial charge is 0.398 e. The molecule has 1 heterocycles. The van der Waals surface area contributed by atoms with Gasteiger partial charge in [-0.3, -0.25) is 4.90 Å². The van der Waals surface area contributed by atoms with E-state index in [9.17, 15) is 0 Å². The first-order chi connectivity index (χ1) is 8.72. The number of nitrogen functional groups attached to an aromatic ring is 1. The Morgan fingerprint density at radius 2 is 1.94 bits per heavy atom. The van der Waals surface area contributed by atoms with Crippen molar-refractivity contribution in [2.45, 2.75) is 45.7 Å². The second-order valence-corrected chi connectivity index (χ2v) is 6.28. The maximum absolute atomic E-state index is 6.06. The van der Waals surface area contributed by atoms with Gasteiger partial charge in [0, 0.05) is 25.3 Å². The Kier molecular flexibility index (Phi) is 3.29. The second-order valence-electron chi connectivity index (χ2n) is 6.28. The summed E-state index contributed by atoms with van der Waals surface area (Å²) in [7, 11) is 0. The standard InChI is InChI=1S/C16H24N2/c1-12-5-7-13(8-6-12)9-18-10-14-3-2-4-16(17)15(14)11-18/h2-4,12-13H,5-11,17H2,1H3. The Hall–Kier alpha value is -1.02. The Labute approximate surface area is 110 Å². The van der Waals surface area contributed by atoms with Gasteiger partial charge in [-0.25, -0.2) is 0 Å². The molecule has 1 fully saturated rings. The lowest BCUT2D eigenvalue weighted by molar-refractivity contribution is 0.186. The van der Waals surface area contributed by atoms with Crippen LogP contribution < -0.4 is 5.73 Å². The molecule has 0 amide bonds. The molecule has 1 aliphatic heterocycles. The van der Waals surface area contributed by atoms with Crippen LogP contribution in [0.1, 0.15) is 43.7 Å². The number of rotatable bonds is 2. The van der Waals surface area contributed by atoms with Crippen molar-refractivity contribution in [2.24, 2.45) is 11.8 Å². The molecule has 18 heavy (non-hydrogen) atoms. The Balaban J connectivity index is 1.59. The summed E-state index contributed by atoms with van der Waals surface area (Å²) in [6, 6.07) is 6.35. The molecule has 1 aliphatic carbocycles. The van der Waals surface area contributed by atoms with Gasteiger partial charge in [-0.2, -0.15) is 0 Å². The summed E-state index contributed by atoms with van der Waals surface area (Å²) in [6.07, 6.45) is 5.69. The second kappa shape index (κ2) is 4.93. The minimum Gasteiger partial charge on any atom is -0.398 e. The van der Waals surface area contributed by atoms with Crippen molar-refractivity contribution in [3.05, 3.63) is 29.3 Å². The number of hydrogen-bond acceptors (Lipinski definition) is 2. The molecule has 0 aromatic heterocycles. The van der Waals surface area contributed by atoms with Crippen molar-refractivity contribution >= 4 is 5.69 Å². The summed E-state index contributed by atoms with van der Waals surface area (Å²) in [6.45, 7) is 5.82. The predicted molar refractivity (Wildman–Crippen MR) is 76.1 cm³/mol. The third kappa shape index (κ3) is 2.39. The lowest BCUT2D eigenvalue weighted by atomic mass is 9.83. The van der Waals surface area contributed by atoms with Crippen LogP contribution in [0.5, 0.6) is 0 Å². The third-order valence-corrected chi connectivity index (χ3v) is 4.74. The topological polar surface area (TPSA) is 29.3 Å². The highest BCUT2D eigenvalue weighted by molar-refractivity contribution is 5.52. The van der Waals surface area contributed by atoms with Crippen molar-refractivity contribution in [1.82, 2.24) is 4.90 Å². The predicted octanol–water partition coefficient (Wildman–Crippen LogP) is 3.41. The Morgan fingerprint density at radius 1 is 1.17 bits per heavy atom. The van der Waals surface area contributed by atoms with Gasteiger partial charge in [-0.05, 0) is 41.9 Å². The molecule has 0 radical (unpaired) electrons. The molecule has 1 aromatic carbocycles. The Bertz CT molecular complexity index is 419. The molecule has 1 saturated carbocycles. The molecule has 0 spiro atoms. The first kappa shape index (κ1) is 12.0. The van der Waals surface area contributed by atoms with Crippen LogP contribution in [-0.2, 0) is 13.1 Å². The van der Waals surface area contributed by atoms with Gasteiger partial charge in [0.1, 0.15) is 0 Å². The highest BCUT2D eigenvalue weighted by Crippen LogP contribution is 2.32. The molecule has 2 nitrogen and oxygen atoms in total. The summed E-state index contributed by atoms with van der Waals surface area (Å²) < 4.78 is 0. The van der Waals surface area contributed by atoms with Crippen molar-refractivity contribution in [3.8, 4) is 0 Å². The zero-order valence-electron chi connectivity index (χ0n) is 11.4. The van der Waals surface area contributed by atoms with Gasteiger partial charge in [0.05, 0.1) is 0 Å². The van der Waals surface area contributed by atoms with Gasteiger partial charge < -0.3 is 5.73 Å². The zero-order chi connectivity index (χ0) is 12.5. The molecule has 0 unspecified atom stereocenters. The van der Waals surface area contributed by atoms with Gasteiger partial charge in [-0.1, -0.05) is 31.9 Å². The maximum Gasteiger partial charge on any atom is 0.0363 e. The number of benzene rings is 1. The van der Waals surface area contributed by atoms with E-state index in [-0.39, 0.29) is 0 Å². The van der Waals surface area contributed by atoms with Crippen LogP contribution in [0.4, 0.5) is 5.69 Å². The lowest BCUT2D eigenvalue weighted by Crippen LogP contribution is -2.27. The molecule has 3 rings (SSSR count). The van der Waals surface area contributed by atoms with Crippen molar-refractivity contribution < 1.29 is 0 Å². The van der Waals surface area contributed by atoms with E-state index in [1.807, 2.05) is 6.07 Å². The van der Waals surface area contributed by atoms with Gasteiger partial charge in [0.15, 0.2) is 0 Å². The number of hydrogen-bond donors (Lipinski definition) is 1. The number of nitrogens with zero attached hydrogens (tertiary/aromatic N) is 1. The zero-order valence-corrected chi connectivity index (χ0v) is 11.4. The summed E-state index contributed by atoms with van der Waals surface area (Å²) in [5, 5.41) is 0. The molecule has 98 valence electrons. The van der Waals surface area contributed by atoms with E-state index >= 15 is 0 Å². The fourth-order valence-corrected chi connectivity index (χ4v) is 3.52. The molecule has 2 aliphatic rings. The fraction of sp³-hybridized carbons (Fsp3) is 0.625. The minimum atomic E-state index is 0.914. The number of nitrogens with two attached hydrogens (primary N) is 1. The molecule has 0 saturated heterocycles. The highest BCUT2D eigenvalue weighted by Gasteiger charge is 2.25. The number of fused-ring (bicyclic) bond motifs is 1. The van der Waals surface area contributed by atoms with Crippen LogP contribution in [-0.4, -0.2) is 11.4 Å². The Morgan fingerprint density at radius 3 is 2.67 bits per heavy atom. The lowest BCUT2D eigenvalue weighted by Gasteiger charge is -2.29. The van der Waals surface area contributed by atoms with Crippen LogP contribution in [0.15, 0.2) is 18.2 Å². The van der Waals surface area contributed by atoms with Crippen molar-refractivity contribution in [2.75, 3.05) is 12.3 Å². The monoisotopic (exact) mass is 244 g/mol. The van der Waals surface area contributed by atoms with E-state index in [2.05, 4.69) is 24.0 Å². The molecule has 0 bridgehead atoms. The van der Waals surface area contributed by atoms with Crippen LogP contribution in [0.3, 0.4) is 0 Å². The average Bonchev–Trinajstić information content (AvgIpc) is 2.76.